The number of esters is 1. The Morgan fingerprint density at radius 2 is 2.26 bits per heavy atom. The summed E-state index contributed by atoms with van der Waals surface area (Å²) in [6, 6.07) is 1.91. The number of morpholine rings is 1. The maximum atomic E-state index is 11.5. The number of ether oxygens (including phenoxy) is 2. The molecule has 2 N–H and O–H groups in total. The lowest BCUT2D eigenvalue weighted by Gasteiger charge is -2.28. The van der Waals surface area contributed by atoms with Gasteiger partial charge in [-0.25, -0.2) is 4.98 Å². The van der Waals surface area contributed by atoms with Gasteiger partial charge in [-0.05, 0) is 13.0 Å². The Morgan fingerprint density at radius 3 is 2.95 bits per heavy atom. The smallest absolute Gasteiger partial charge is 0.310 e. The van der Waals surface area contributed by atoms with E-state index in [0.29, 0.717) is 31.2 Å². The summed E-state index contributed by atoms with van der Waals surface area (Å²) < 4.78 is 10.2. The summed E-state index contributed by atoms with van der Waals surface area (Å²) in [5, 5.41) is 0. The number of rotatable bonds is 4. The fraction of sp³-hybridized carbons (Fsp3) is 0.538. The van der Waals surface area contributed by atoms with E-state index in [1.807, 2.05) is 6.07 Å². The Morgan fingerprint density at radius 1 is 1.53 bits per heavy atom. The van der Waals surface area contributed by atoms with Crippen LogP contribution in [0.15, 0.2) is 12.3 Å². The first-order chi connectivity index (χ1) is 9.20. The first kappa shape index (κ1) is 13.6. The number of nitrogens with two attached hydrogens (primary N) is 1. The molecule has 104 valence electrons. The number of aromatic nitrogens is 1. The van der Waals surface area contributed by atoms with E-state index in [0.717, 1.165) is 18.8 Å². The topological polar surface area (TPSA) is 77.7 Å². The van der Waals surface area contributed by atoms with Gasteiger partial charge in [0.25, 0.3) is 0 Å². The predicted octanol–water partition coefficient (Wildman–Crippen LogP) is 0.606. The summed E-state index contributed by atoms with van der Waals surface area (Å²) in [4.78, 5) is 17.8. The molecule has 1 aliphatic heterocycles. The highest BCUT2D eigenvalue weighted by molar-refractivity contribution is 5.75. The van der Waals surface area contributed by atoms with Gasteiger partial charge in [0.1, 0.15) is 5.82 Å². The summed E-state index contributed by atoms with van der Waals surface area (Å²) in [6.45, 7) is 5.21. The Kier molecular flexibility index (Phi) is 4.57. The molecule has 1 aliphatic rings. The van der Waals surface area contributed by atoms with Crippen LogP contribution in [-0.2, 0) is 20.7 Å². The number of carbonyl (C=O) groups is 1. The third-order valence-electron chi connectivity index (χ3n) is 3.00. The van der Waals surface area contributed by atoms with Crippen LogP contribution in [0.5, 0.6) is 0 Å². The largest absolute Gasteiger partial charge is 0.466 e. The van der Waals surface area contributed by atoms with Gasteiger partial charge in [-0.1, -0.05) is 0 Å². The molecule has 1 aromatic heterocycles. The highest BCUT2D eigenvalue weighted by Crippen LogP contribution is 2.20. The Balaban J connectivity index is 2.11. The molecule has 6 nitrogen and oxygen atoms in total. The molecule has 0 radical (unpaired) electrons. The molecule has 1 fully saturated rings. The van der Waals surface area contributed by atoms with E-state index in [-0.39, 0.29) is 12.4 Å². The van der Waals surface area contributed by atoms with E-state index in [1.165, 1.54) is 0 Å². The molecule has 0 amide bonds. The summed E-state index contributed by atoms with van der Waals surface area (Å²) in [5.41, 5.74) is 7.48. The van der Waals surface area contributed by atoms with Gasteiger partial charge in [-0.15, -0.1) is 0 Å². The quantitative estimate of drug-likeness (QED) is 0.804. The zero-order valence-corrected chi connectivity index (χ0v) is 11.1. The first-order valence-corrected chi connectivity index (χ1v) is 6.43. The normalized spacial score (nSPS) is 15.3. The second kappa shape index (κ2) is 6.38. The number of anilines is 2. The van der Waals surface area contributed by atoms with Crippen molar-refractivity contribution in [3.05, 3.63) is 17.8 Å². The van der Waals surface area contributed by atoms with Gasteiger partial charge in [0.2, 0.25) is 0 Å². The van der Waals surface area contributed by atoms with Crippen LogP contribution in [0.2, 0.25) is 0 Å². The summed E-state index contributed by atoms with van der Waals surface area (Å²) in [7, 11) is 0. The van der Waals surface area contributed by atoms with Gasteiger partial charge in [0, 0.05) is 18.7 Å². The van der Waals surface area contributed by atoms with E-state index in [1.54, 1.807) is 13.1 Å². The van der Waals surface area contributed by atoms with Crippen LogP contribution in [0.3, 0.4) is 0 Å². The molecule has 19 heavy (non-hydrogen) atoms. The Bertz CT molecular complexity index is 445. The number of hydrogen-bond donors (Lipinski definition) is 1. The maximum Gasteiger partial charge on any atom is 0.310 e. The molecule has 0 spiro atoms. The minimum atomic E-state index is -0.282. The van der Waals surface area contributed by atoms with Gasteiger partial charge in [0.15, 0.2) is 0 Å². The van der Waals surface area contributed by atoms with Crippen LogP contribution in [0.1, 0.15) is 12.5 Å². The average molecular weight is 265 g/mol. The molecule has 0 atom stereocenters. The van der Waals surface area contributed by atoms with E-state index in [9.17, 15) is 4.79 Å². The molecule has 1 saturated heterocycles. The van der Waals surface area contributed by atoms with Crippen LogP contribution in [0, 0.1) is 0 Å². The molecular weight excluding hydrogens is 246 g/mol. The average Bonchev–Trinajstić information content (AvgIpc) is 2.42. The standard InChI is InChI=1S/C13H19N3O3/c1-2-19-12(17)8-10-7-11(9-15-13(10)14)16-3-5-18-6-4-16/h7,9H,2-6,8H2,1H3,(H2,14,15). The second-order valence-corrected chi connectivity index (χ2v) is 4.32. The maximum absolute atomic E-state index is 11.5. The molecule has 2 heterocycles. The van der Waals surface area contributed by atoms with E-state index in [2.05, 4.69) is 9.88 Å². The first-order valence-electron chi connectivity index (χ1n) is 6.43. The molecule has 0 aromatic carbocycles. The van der Waals surface area contributed by atoms with E-state index >= 15 is 0 Å². The zero-order valence-electron chi connectivity index (χ0n) is 11.1. The van der Waals surface area contributed by atoms with Crippen molar-refractivity contribution in [1.29, 1.82) is 0 Å². The lowest BCUT2D eigenvalue weighted by Crippen LogP contribution is -2.36. The molecule has 0 aliphatic carbocycles. The Labute approximate surface area is 112 Å². The van der Waals surface area contributed by atoms with Crippen molar-refractivity contribution >= 4 is 17.5 Å². The lowest BCUT2D eigenvalue weighted by molar-refractivity contribution is -0.142. The van der Waals surface area contributed by atoms with Crippen LogP contribution >= 0.6 is 0 Å². The SMILES string of the molecule is CCOC(=O)Cc1cc(N2CCOCC2)cnc1N. The van der Waals surface area contributed by atoms with E-state index in [4.69, 9.17) is 15.2 Å². The summed E-state index contributed by atoms with van der Waals surface area (Å²) in [5.74, 6) is 0.0974. The van der Waals surface area contributed by atoms with Crippen molar-refractivity contribution in [1.82, 2.24) is 4.98 Å². The number of pyridine rings is 1. The minimum absolute atomic E-state index is 0.158. The van der Waals surface area contributed by atoms with Crippen LogP contribution in [-0.4, -0.2) is 43.9 Å². The van der Waals surface area contributed by atoms with Crippen molar-refractivity contribution in [2.24, 2.45) is 0 Å². The van der Waals surface area contributed by atoms with Crippen molar-refractivity contribution in [2.45, 2.75) is 13.3 Å². The molecule has 0 bridgehead atoms. The van der Waals surface area contributed by atoms with Gasteiger partial charge in [-0.2, -0.15) is 0 Å². The number of hydrogen-bond acceptors (Lipinski definition) is 6. The minimum Gasteiger partial charge on any atom is -0.466 e. The Hall–Kier alpha value is -1.82. The highest BCUT2D eigenvalue weighted by Gasteiger charge is 2.15. The van der Waals surface area contributed by atoms with Gasteiger partial charge in [-0.3, -0.25) is 4.79 Å². The monoisotopic (exact) mass is 265 g/mol. The highest BCUT2D eigenvalue weighted by atomic mass is 16.5. The lowest BCUT2D eigenvalue weighted by atomic mass is 10.1. The summed E-state index contributed by atoms with van der Waals surface area (Å²) >= 11 is 0. The van der Waals surface area contributed by atoms with Crippen molar-refractivity contribution < 1.29 is 14.3 Å². The fourth-order valence-corrected chi connectivity index (χ4v) is 2.01. The number of carbonyl (C=O) groups excluding carboxylic acids is 1. The van der Waals surface area contributed by atoms with Crippen molar-refractivity contribution in [2.75, 3.05) is 43.5 Å². The molecule has 1 aromatic rings. The van der Waals surface area contributed by atoms with Crippen LogP contribution in [0.25, 0.3) is 0 Å². The number of nitrogens with zero attached hydrogens (tertiary/aromatic N) is 2. The fourth-order valence-electron chi connectivity index (χ4n) is 2.01. The predicted molar refractivity (Wildman–Crippen MR) is 72.0 cm³/mol. The molecular formula is C13H19N3O3. The third-order valence-corrected chi connectivity index (χ3v) is 3.00. The molecule has 6 heteroatoms. The van der Waals surface area contributed by atoms with Gasteiger partial charge < -0.3 is 20.1 Å². The van der Waals surface area contributed by atoms with Gasteiger partial charge in [0.05, 0.1) is 38.1 Å². The van der Waals surface area contributed by atoms with Crippen LogP contribution < -0.4 is 10.6 Å². The number of nitrogen functional groups attached to an aromatic ring is 1. The summed E-state index contributed by atoms with van der Waals surface area (Å²) in [6.07, 6.45) is 1.89. The molecule has 0 saturated carbocycles. The third kappa shape index (κ3) is 3.57. The van der Waals surface area contributed by atoms with Crippen molar-refractivity contribution in [3.63, 3.8) is 0 Å². The van der Waals surface area contributed by atoms with E-state index < -0.39 is 0 Å². The molecule has 0 unspecified atom stereocenters. The molecule has 2 rings (SSSR count). The van der Waals surface area contributed by atoms with Crippen molar-refractivity contribution in [3.8, 4) is 0 Å². The van der Waals surface area contributed by atoms with Crippen LogP contribution in [0.4, 0.5) is 11.5 Å². The second-order valence-electron chi connectivity index (χ2n) is 4.32. The van der Waals surface area contributed by atoms with Gasteiger partial charge >= 0.3 is 5.97 Å². The zero-order chi connectivity index (χ0) is 13.7.